The summed E-state index contributed by atoms with van der Waals surface area (Å²) in [6.07, 6.45) is 23.9. The molecule has 0 amide bonds. The van der Waals surface area contributed by atoms with Crippen LogP contribution in [0.25, 0.3) is 10.4 Å². The molecule has 0 spiro atoms. The summed E-state index contributed by atoms with van der Waals surface area (Å²) >= 11 is 0. The minimum Gasteiger partial charge on any atom is -0.494 e. The molecule has 0 aliphatic heterocycles. The summed E-state index contributed by atoms with van der Waals surface area (Å²) in [7, 11) is 0. The van der Waals surface area contributed by atoms with E-state index < -0.39 is 0 Å². The highest BCUT2D eigenvalue weighted by atomic mass is 16.6. The van der Waals surface area contributed by atoms with Gasteiger partial charge < -0.3 is 42.6 Å². The molecule has 1 heterocycles. The van der Waals surface area contributed by atoms with Gasteiger partial charge in [0.2, 0.25) is 0 Å². The standard InChI is InChI=1S/C44H78N6O9/c1-2-3-4-5-6-7-8-9-10-11-12-13-14-15-16-17-23-59-44-20-18-42(19-21-44)39-50-40-43(47-49-50)41-58-38-37-57-36-35-56-34-33-55-32-31-54-30-29-53-28-27-52-26-25-51-24-22-46-48-45/h18-21,40H,2-17,22-39,41H2,1H3. The lowest BCUT2D eigenvalue weighted by Gasteiger charge is -2.08. The van der Waals surface area contributed by atoms with E-state index in [1.54, 1.807) is 0 Å². The van der Waals surface area contributed by atoms with Crippen molar-refractivity contribution in [3.8, 4) is 5.75 Å². The quantitative estimate of drug-likeness (QED) is 0.0271. The molecule has 0 atom stereocenters. The molecule has 15 nitrogen and oxygen atoms in total. The number of hydrogen-bond donors (Lipinski definition) is 0. The second-order valence-electron chi connectivity index (χ2n) is 14.5. The van der Waals surface area contributed by atoms with Gasteiger partial charge in [-0.25, -0.2) is 4.68 Å². The van der Waals surface area contributed by atoms with E-state index in [9.17, 15) is 0 Å². The van der Waals surface area contributed by atoms with Crippen molar-refractivity contribution in [1.29, 1.82) is 0 Å². The van der Waals surface area contributed by atoms with Crippen molar-refractivity contribution in [3.05, 3.63) is 52.2 Å². The zero-order valence-electron chi connectivity index (χ0n) is 36.5. The Morgan fingerprint density at radius 1 is 0.508 bits per heavy atom. The van der Waals surface area contributed by atoms with E-state index >= 15 is 0 Å². The molecule has 15 heteroatoms. The summed E-state index contributed by atoms with van der Waals surface area (Å²) in [6, 6.07) is 8.26. The minimum atomic E-state index is 0.328. The number of aromatic nitrogens is 3. The molecule has 2 aromatic rings. The van der Waals surface area contributed by atoms with Crippen molar-refractivity contribution in [2.75, 3.05) is 112 Å². The summed E-state index contributed by atoms with van der Waals surface area (Å²) in [5.41, 5.74) is 10.1. The van der Waals surface area contributed by atoms with Crippen LogP contribution in [0.4, 0.5) is 0 Å². The molecule has 1 aromatic carbocycles. The second kappa shape index (κ2) is 41.9. The van der Waals surface area contributed by atoms with E-state index in [4.69, 9.17) is 48.2 Å². The van der Waals surface area contributed by atoms with Gasteiger partial charge in [-0.05, 0) is 29.6 Å². The highest BCUT2D eigenvalue weighted by Crippen LogP contribution is 2.16. The Hall–Kier alpha value is -2.85. The van der Waals surface area contributed by atoms with Crippen molar-refractivity contribution in [3.63, 3.8) is 0 Å². The Labute approximate surface area is 355 Å². The van der Waals surface area contributed by atoms with Gasteiger partial charge in [-0.1, -0.05) is 126 Å². The number of rotatable bonds is 46. The first-order valence-electron chi connectivity index (χ1n) is 22.6. The first-order valence-corrected chi connectivity index (χ1v) is 22.6. The molecule has 0 aliphatic carbocycles. The fraction of sp³-hybridized carbons (Fsp3) is 0.818. The smallest absolute Gasteiger partial charge is 0.119 e. The highest BCUT2D eigenvalue weighted by Gasteiger charge is 2.04. The summed E-state index contributed by atoms with van der Waals surface area (Å²) in [5, 5.41) is 11.9. The van der Waals surface area contributed by atoms with Crippen LogP contribution < -0.4 is 4.74 Å². The monoisotopic (exact) mass is 835 g/mol. The van der Waals surface area contributed by atoms with Gasteiger partial charge in [0, 0.05) is 11.5 Å². The first-order chi connectivity index (χ1) is 29.3. The van der Waals surface area contributed by atoms with E-state index in [1.807, 2.05) is 23.0 Å². The first kappa shape index (κ1) is 52.3. The number of nitrogens with zero attached hydrogens (tertiary/aromatic N) is 6. The van der Waals surface area contributed by atoms with Gasteiger partial charge in [0.15, 0.2) is 0 Å². The van der Waals surface area contributed by atoms with Crippen LogP contribution in [-0.2, 0) is 51.0 Å². The number of benzene rings is 1. The molecule has 0 aliphatic rings. The molecule has 0 N–H and O–H groups in total. The Balaban J connectivity index is 1.29. The second-order valence-corrected chi connectivity index (χ2v) is 14.5. The number of ether oxygens (including phenoxy) is 9. The fourth-order valence-electron chi connectivity index (χ4n) is 6.07. The lowest BCUT2D eigenvalue weighted by molar-refractivity contribution is -0.0235. The maximum Gasteiger partial charge on any atom is 0.119 e. The van der Waals surface area contributed by atoms with Crippen LogP contribution in [0.3, 0.4) is 0 Å². The van der Waals surface area contributed by atoms with Gasteiger partial charge in [0.25, 0.3) is 0 Å². The van der Waals surface area contributed by atoms with E-state index in [2.05, 4.69) is 39.4 Å². The topological polar surface area (TPSA) is 163 Å². The van der Waals surface area contributed by atoms with Crippen molar-refractivity contribution in [2.24, 2.45) is 5.11 Å². The maximum atomic E-state index is 8.17. The Morgan fingerprint density at radius 3 is 1.36 bits per heavy atom. The van der Waals surface area contributed by atoms with Crippen molar-refractivity contribution < 1.29 is 42.6 Å². The Bertz CT molecular complexity index is 1220. The normalized spacial score (nSPS) is 11.3. The molecule has 0 radical (unpaired) electrons. The Morgan fingerprint density at radius 2 is 0.915 bits per heavy atom. The van der Waals surface area contributed by atoms with Gasteiger partial charge in [-0.15, -0.1) is 5.10 Å². The zero-order valence-corrected chi connectivity index (χ0v) is 36.5. The molecule has 1 aromatic heterocycles. The van der Waals surface area contributed by atoms with Crippen LogP contribution in [0, 0.1) is 0 Å². The molecule has 0 saturated carbocycles. The predicted octanol–water partition coefficient (Wildman–Crippen LogP) is 8.91. The Kier molecular flexibility index (Phi) is 37.1. The zero-order chi connectivity index (χ0) is 41.8. The maximum absolute atomic E-state index is 8.17. The van der Waals surface area contributed by atoms with Crippen LogP contribution in [0.15, 0.2) is 35.6 Å². The average Bonchev–Trinajstić information content (AvgIpc) is 3.70. The van der Waals surface area contributed by atoms with Gasteiger partial charge in [0.05, 0.1) is 125 Å². The summed E-state index contributed by atoms with van der Waals surface area (Å²) in [4.78, 5) is 2.66. The summed E-state index contributed by atoms with van der Waals surface area (Å²) in [6.45, 7) is 11.6. The van der Waals surface area contributed by atoms with Crippen LogP contribution in [0.2, 0.25) is 0 Å². The molecule has 338 valence electrons. The lowest BCUT2D eigenvalue weighted by Crippen LogP contribution is -2.15. The minimum absolute atomic E-state index is 0.328. The number of azide groups is 1. The molecule has 0 saturated heterocycles. The largest absolute Gasteiger partial charge is 0.494 e. The van der Waals surface area contributed by atoms with E-state index in [-0.39, 0.29) is 0 Å². The molecular weight excluding hydrogens is 757 g/mol. The van der Waals surface area contributed by atoms with Gasteiger partial charge in [-0.3, -0.25) is 0 Å². The molecule has 59 heavy (non-hydrogen) atoms. The fourth-order valence-corrected chi connectivity index (χ4v) is 6.07. The van der Waals surface area contributed by atoms with Crippen molar-refractivity contribution in [1.82, 2.24) is 15.0 Å². The van der Waals surface area contributed by atoms with Crippen molar-refractivity contribution >= 4 is 0 Å². The molecule has 2 rings (SSSR count). The number of hydrogen-bond acceptors (Lipinski definition) is 12. The third kappa shape index (κ3) is 34.6. The summed E-state index contributed by atoms with van der Waals surface area (Å²) < 4.78 is 51.7. The third-order valence-electron chi connectivity index (χ3n) is 9.37. The molecule has 0 fully saturated rings. The summed E-state index contributed by atoms with van der Waals surface area (Å²) in [5.74, 6) is 0.918. The van der Waals surface area contributed by atoms with Gasteiger partial charge >= 0.3 is 0 Å². The van der Waals surface area contributed by atoms with E-state index in [0.29, 0.717) is 119 Å². The van der Waals surface area contributed by atoms with Crippen molar-refractivity contribution in [2.45, 2.75) is 123 Å². The van der Waals surface area contributed by atoms with Crippen LogP contribution in [-0.4, -0.2) is 127 Å². The van der Waals surface area contributed by atoms with Gasteiger partial charge in [0.1, 0.15) is 11.4 Å². The third-order valence-corrected chi connectivity index (χ3v) is 9.37. The average molecular weight is 835 g/mol. The lowest BCUT2D eigenvalue weighted by atomic mass is 10.0. The van der Waals surface area contributed by atoms with E-state index in [0.717, 1.165) is 30.0 Å². The number of unbranched alkanes of at least 4 members (excludes halogenated alkanes) is 15. The highest BCUT2D eigenvalue weighted by molar-refractivity contribution is 5.27. The van der Waals surface area contributed by atoms with Crippen LogP contribution in [0.1, 0.15) is 121 Å². The van der Waals surface area contributed by atoms with Crippen LogP contribution in [0.5, 0.6) is 5.75 Å². The van der Waals surface area contributed by atoms with Crippen LogP contribution >= 0.6 is 0 Å². The van der Waals surface area contributed by atoms with E-state index in [1.165, 1.54) is 96.3 Å². The van der Waals surface area contributed by atoms with Gasteiger partial charge in [-0.2, -0.15) is 0 Å². The predicted molar refractivity (Wildman–Crippen MR) is 230 cm³/mol. The SMILES string of the molecule is CCCCCCCCCCCCCCCCCCOc1ccc(Cn2cc(COCCOCCOCCOCCOCCOCCOCCOCCN=[N+]=[N-])nn2)cc1. The molecule has 0 unspecified atom stereocenters. The molecule has 0 bridgehead atoms. The molecular formula is C44H78N6O9.